The predicted octanol–water partition coefficient (Wildman–Crippen LogP) is 4.05. The highest BCUT2D eigenvalue weighted by Gasteiger charge is 2.15. The predicted molar refractivity (Wildman–Crippen MR) is 131 cm³/mol. The molecule has 6 heteroatoms. The number of hydrogen-bond acceptors (Lipinski definition) is 4. The van der Waals surface area contributed by atoms with Gasteiger partial charge in [0.05, 0.1) is 18.2 Å². The summed E-state index contributed by atoms with van der Waals surface area (Å²) in [5, 5.41) is 8.85. The molecule has 1 amide bonds. The van der Waals surface area contributed by atoms with Gasteiger partial charge in [-0.2, -0.15) is 5.10 Å². The fourth-order valence-electron chi connectivity index (χ4n) is 3.97. The molecular formula is C27H27N3O3. The first-order chi connectivity index (χ1) is 16.0. The fraction of sp³-hybridized carbons (Fsp3) is 0.222. The van der Waals surface area contributed by atoms with Gasteiger partial charge in [-0.25, -0.2) is 4.68 Å². The Bertz CT molecular complexity index is 1370. The summed E-state index contributed by atoms with van der Waals surface area (Å²) in [7, 11) is 1.63. The van der Waals surface area contributed by atoms with Crippen LogP contribution < -0.4 is 15.6 Å². The number of carbonyl (C=O) groups excluding carboxylic acids is 1. The molecule has 33 heavy (non-hydrogen) atoms. The van der Waals surface area contributed by atoms with Gasteiger partial charge in [0.15, 0.2) is 0 Å². The summed E-state index contributed by atoms with van der Waals surface area (Å²) < 4.78 is 6.62. The smallest absolute Gasteiger partial charge is 0.275 e. The number of benzene rings is 3. The van der Waals surface area contributed by atoms with Crippen LogP contribution >= 0.6 is 0 Å². The topological polar surface area (TPSA) is 73.2 Å². The van der Waals surface area contributed by atoms with Gasteiger partial charge in [0.2, 0.25) is 5.91 Å². The Morgan fingerprint density at radius 2 is 1.73 bits per heavy atom. The van der Waals surface area contributed by atoms with Gasteiger partial charge in [0, 0.05) is 17.5 Å². The number of aromatic nitrogens is 2. The summed E-state index contributed by atoms with van der Waals surface area (Å²) in [5.41, 5.74) is 4.56. The van der Waals surface area contributed by atoms with Crippen LogP contribution in [0.5, 0.6) is 5.75 Å². The van der Waals surface area contributed by atoms with E-state index < -0.39 is 0 Å². The largest absolute Gasteiger partial charge is 0.496 e. The highest BCUT2D eigenvalue weighted by Crippen LogP contribution is 2.28. The summed E-state index contributed by atoms with van der Waals surface area (Å²) in [5.74, 6) is 0.527. The van der Waals surface area contributed by atoms with E-state index in [1.165, 1.54) is 4.68 Å². The molecule has 0 unspecified atom stereocenters. The first-order valence-electron chi connectivity index (χ1n) is 10.9. The maximum atomic E-state index is 13.1. The molecule has 4 rings (SSSR count). The van der Waals surface area contributed by atoms with Crippen LogP contribution in [0.4, 0.5) is 0 Å². The normalized spacial score (nSPS) is 10.9. The van der Waals surface area contributed by atoms with Crippen LogP contribution in [-0.4, -0.2) is 29.3 Å². The molecule has 0 bridgehead atoms. The number of hydrogen-bond donors (Lipinski definition) is 1. The van der Waals surface area contributed by atoms with E-state index in [2.05, 4.69) is 16.5 Å². The monoisotopic (exact) mass is 441 g/mol. The van der Waals surface area contributed by atoms with Crippen LogP contribution in [0.2, 0.25) is 0 Å². The SMILES string of the molecule is COc1ccccc1CCNC(=O)Cn1nc(-c2cc(C)ccc2C)c2ccccc2c1=O. The Morgan fingerprint density at radius 3 is 2.52 bits per heavy atom. The number of fused-ring (bicyclic) bond motifs is 1. The molecule has 0 saturated heterocycles. The molecule has 1 N–H and O–H groups in total. The van der Waals surface area contributed by atoms with Gasteiger partial charge in [-0.05, 0) is 49.6 Å². The summed E-state index contributed by atoms with van der Waals surface area (Å²) in [6.07, 6.45) is 0.629. The second kappa shape index (κ2) is 9.69. The Balaban J connectivity index is 1.60. The van der Waals surface area contributed by atoms with Crippen molar-refractivity contribution in [3.63, 3.8) is 0 Å². The third kappa shape index (κ3) is 4.80. The van der Waals surface area contributed by atoms with Crippen molar-refractivity contribution in [3.05, 3.63) is 93.8 Å². The van der Waals surface area contributed by atoms with E-state index in [0.717, 1.165) is 33.4 Å². The fourth-order valence-corrected chi connectivity index (χ4v) is 3.97. The molecule has 1 heterocycles. The van der Waals surface area contributed by atoms with Gasteiger partial charge >= 0.3 is 0 Å². The number of nitrogens with zero attached hydrogens (tertiary/aromatic N) is 2. The molecular weight excluding hydrogens is 414 g/mol. The van der Waals surface area contributed by atoms with E-state index in [1.54, 1.807) is 13.2 Å². The first-order valence-corrected chi connectivity index (χ1v) is 10.9. The summed E-state index contributed by atoms with van der Waals surface area (Å²) in [6, 6.07) is 21.3. The lowest BCUT2D eigenvalue weighted by Crippen LogP contribution is -2.35. The second-order valence-electron chi connectivity index (χ2n) is 8.09. The molecule has 168 valence electrons. The van der Waals surface area contributed by atoms with Crippen LogP contribution in [0.25, 0.3) is 22.0 Å². The quantitative estimate of drug-likeness (QED) is 0.470. The van der Waals surface area contributed by atoms with Crippen LogP contribution in [0.1, 0.15) is 16.7 Å². The lowest BCUT2D eigenvalue weighted by molar-refractivity contribution is -0.121. The molecule has 3 aromatic carbocycles. The third-order valence-electron chi connectivity index (χ3n) is 5.72. The molecule has 0 atom stereocenters. The maximum Gasteiger partial charge on any atom is 0.275 e. The Hall–Kier alpha value is -3.93. The number of rotatable bonds is 7. The summed E-state index contributed by atoms with van der Waals surface area (Å²) >= 11 is 0. The number of ether oxygens (including phenoxy) is 1. The van der Waals surface area contributed by atoms with Crippen molar-refractivity contribution in [1.29, 1.82) is 0 Å². The second-order valence-corrected chi connectivity index (χ2v) is 8.09. The zero-order chi connectivity index (χ0) is 23.4. The molecule has 0 aliphatic carbocycles. The minimum atomic E-state index is -0.278. The lowest BCUT2D eigenvalue weighted by atomic mass is 9.99. The van der Waals surface area contributed by atoms with Gasteiger partial charge in [-0.3, -0.25) is 9.59 Å². The van der Waals surface area contributed by atoms with E-state index in [9.17, 15) is 9.59 Å². The summed E-state index contributed by atoms with van der Waals surface area (Å²) in [6.45, 7) is 4.33. The zero-order valence-electron chi connectivity index (χ0n) is 19.1. The average molecular weight is 442 g/mol. The number of methoxy groups -OCH3 is 1. The first kappa shape index (κ1) is 22.3. The van der Waals surface area contributed by atoms with Crippen molar-refractivity contribution >= 4 is 16.7 Å². The molecule has 6 nitrogen and oxygen atoms in total. The molecule has 4 aromatic rings. The van der Waals surface area contributed by atoms with Crippen molar-refractivity contribution in [3.8, 4) is 17.0 Å². The van der Waals surface area contributed by atoms with Gasteiger partial charge in [-0.1, -0.05) is 54.1 Å². The van der Waals surface area contributed by atoms with Gasteiger partial charge in [-0.15, -0.1) is 0 Å². The van der Waals surface area contributed by atoms with Crippen molar-refractivity contribution in [2.24, 2.45) is 0 Å². The maximum absolute atomic E-state index is 13.1. The Labute approximate surface area is 192 Å². The Kier molecular flexibility index (Phi) is 6.54. The Morgan fingerprint density at radius 1 is 1.00 bits per heavy atom. The number of nitrogens with one attached hydrogen (secondary N) is 1. The lowest BCUT2D eigenvalue weighted by Gasteiger charge is -2.14. The van der Waals surface area contributed by atoms with Crippen molar-refractivity contribution in [1.82, 2.24) is 15.1 Å². The van der Waals surface area contributed by atoms with E-state index >= 15 is 0 Å². The van der Waals surface area contributed by atoms with E-state index in [4.69, 9.17) is 4.74 Å². The third-order valence-corrected chi connectivity index (χ3v) is 5.72. The van der Waals surface area contributed by atoms with Crippen molar-refractivity contribution in [2.75, 3.05) is 13.7 Å². The van der Waals surface area contributed by atoms with Gasteiger partial charge in [0.1, 0.15) is 12.3 Å². The number of para-hydroxylation sites is 1. The molecule has 0 fully saturated rings. The van der Waals surface area contributed by atoms with Gasteiger partial charge < -0.3 is 10.1 Å². The zero-order valence-corrected chi connectivity index (χ0v) is 19.1. The van der Waals surface area contributed by atoms with Crippen LogP contribution in [0, 0.1) is 13.8 Å². The van der Waals surface area contributed by atoms with E-state index in [0.29, 0.717) is 24.0 Å². The van der Waals surface area contributed by atoms with E-state index in [-0.39, 0.29) is 18.0 Å². The molecule has 0 spiro atoms. The minimum absolute atomic E-state index is 0.145. The van der Waals surface area contributed by atoms with Crippen LogP contribution in [-0.2, 0) is 17.8 Å². The van der Waals surface area contributed by atoms with Crippen LogP contribution in [0.15, 0.2) is 71.5 Å². The molecule has 0 radical (unpaired) electrons. The minimum Gasteiger partial charge on any atom is -0.496 e. The highest BCUT2D eigenvalue weighted by atomic mass is 16.5. The summed E-state index contributed by atoms with van der Waals surface area (Å²) in [4.78, 5) is 25.8. The average Bonchev–Trinajstić information content (AvgIpc) is 2.83. The number of aryl methyl sites for hydroxylation is 2. The molecule has 1 aromatic heterocycles. The van der Waals surface area contributed by atoms with Gasteiger partial charge in [0.25, 0.3) is 5.56 Å². The standard InChI is InChI=1S/C27H27N3O3/c1-18-12-13-19(2)23(16-18)26-21-9-5-6-10-22(21)27(32)30(29-26)17-25(31)28-15-14-20-8-4-7-11-24(20)33-3/h4-13,16H,14-15,17H2,1-3H3,(H,28,31). The van der Waals surface area contributed by atoms with Crippen LogP contribution in [0.3, 0.4) is 0 Å². The number of amides is 1. The molecule has 0 aliphatic heterocycles. The number of carbonyl (C=O) groups is 1. The highest BCUT2D eigenvalue weighted by molar-refractivity contribution is 5.94. The molecule has 0 saturated carbocycles. The van der Waals surface area contributed by atoms with E-state index in [1.807, 2.05) is 68.4 Å². The van der Waals surface area contributed by atoms with Crippen molar-refractivity contribution < 1.29 is 9.53 Å². The molecule has 0 aliphatic rings. The van der Waals surface area contributed by atoms with Crippen molar-refractivity contribution in [2.45, 2.75) is 26.8 Å².